The van der Waals surface area contributed by atoms with Crippen LogP contribution < -0.4 is 10.6 Å². The summed E-state index contributed by atoms with van der Waals surface area (Å²) in [6.45, 7) is 7.33. The van der Waals surface area contributed by atoms with Gasteiger partial charge in [-0.15, -0.1) is 0 Å². The Morgan fingerprint density at radius 3 is 2.62 bits per heavy atom. The fourth-order valence-corrected chi connectivity index (χ4v) is 3.84. The van der Waals surface area contributed by atoms with Crippen molar-refractivity contribution in [3.05, 3.63) is 24.4 Å². The Labute approximate surface area is 127 Å². The van der Waals surface area contributed by atoms with E-state index in [2.05, 4.69) is 38.9 Å². The van der Waals surface area contributed by atoms with E-state index in [-0.39, 0.29) is 5.54 Å². The molecule has 5 heteroatoms. The van der Waals surface area contributed by atoms with Crippen molar-refractivity contribution in [1.29, 1.82) is 0 Å². The van der Waals surface area contributed by atoms with E-state index in [1.165, 1.54) is 19.4 Å². The maximum absolute atomic E-state index is 6.18. The lowest BCUT2D eigenvalue weighted by molar-refractivity contribution is 0.0219. The summed E-state index contributed by atoms with van der Waals surface area (Å²) < 4.78 is 0. The van der Waals surface area contributed by atoms with Crippen LogP contribution in [0.2, 0.25) is 0 Å². The number of rotatable bonds is 3. The van der Waals surface area contributed by atoms with Gasteiger partial charge in [0.1, 0.15) is 5.82 Å². The topological polar surface area (TPSA) is 48.6 Å². The zero-order valence-corrected chi connectivity index (χ0v) is 13.0. The normalized spacial score (nSPS) is 28.8. The molecular formula is C16H27N5. The first-order valence-corrected chi connectivity index (χ1v) is 8.03. The average Bonchev–Trinajstić information content (AvgIpc) is 2.56. The van der Waals surface area contributed by atoms with E-state index < -0.39 is 0 Å². The number of anilines is 1. The number of pyridine rings is 1. The van der Waals surface area contributed by atoms with Crippen molar-refractivity contribution < 1.29 is 0 Å². The number of hydrogen-bond donors (Lipinski definition) is 1. The summed E-state index contributed by atoms with van der Waals surface area (Å²) in [6.07, 6.45) is 4.37. The Hall–Kier alpha value is -1.17. The predicted octanol–water partition coefficient (Wildman–Crippen LogP) is 0.627. The Bertz CT molecular complexity index is 443. The molecule has 0 aliphatic carbocycles. The maximum Gasteiger partial charge on any atom is 0.128 e. The first kappa shape index (κ1) is 14.8. The van der Waals surface area contributed by atoms with Gasteiger partial charge in [-0.2, -0.15) is 0 Å². The fraction of sp³-hybridized carbons (Fsp3) is 0.688. The molecule has 0 radical (unpaired) electrons. The van der Waals surface area contributed by atoms with E-state index in [9.17, 15) is 0 Å². The van der Waals surface area contributed by atoms with Crippen molar-refractivity contribution in [3.63, 3.8) is 0 Å². The molecule has 21 heavy (non-hydrogen) atoms. The van der Waals surface area contributed by atoms with Crippen molar-refractivity contribution in [2.75, 3.05) is 57.8 Å². The summed E-state index contributed by atoms with van der Waals surface area (Å²) in [6, 6.07) is 6.13. The minimum absolute atomic E-state index is 0.184. The number of nitrogens with two attached hydrogens (primary N) is 1. The van der Waals surface area contributed by atoms with Crippen LogP contribution in [-0.2, 0) is 0 Å². The van der Waals surface area contributed by atoms with Crippen LogP contribution in [0.4, 0.5) is 5.82 Å². The van der Waals surface area contributed by atoms with Gasteiger partial charge in [0.15, 0.2) is 0 Å². The number of aromatic nitrogens is 1. The molecule has 0 saturated carbocycles. The molecule has 2 aliphatic rings. The Morgan fingerprint density at radius 1 is 1.19 bits per heavy atom. The monoisotopic (exact) mass is 289 g/mol. The van der Waals surface area contributed by atoms with Gasteiger partial charge >= 0.3 is 0 Å². The number of nitrogens with zero attached hydrogens (tertiary/aromatic N) is 4. The first-order valence-electron chi connectivity index (χ1n) is 8.03. The van der Waals surface area contributed by atoms with Gasteiger partial charge < -0.3 is 15.5 Å². The van der Waals surface area contributed by atoms with Gasteiger partial charge in [0.2, 0.25) is 0 Å². The van der Waals surface area contributed by atoms with Crippen LogP contribution in [-0.4, -0.2) is 73.2 Å². The van der Waals surface area contributed by atoms with Crippen molar-refractivity contribution in [2.45, 2.75) is 18.4 Å². The highest BCUT2D eigenvalue weighted by Gasteiger charge is 2.39. The summed E-state index contributed by atoms with van der Waals surface area (Å²) in [7, 11) is 2.22. The van der Waals surface area contributed by atoms with Gasteiger partial charge in [-0.25, -0.2) is 4.98 Å². The van der Waals surface area contributed by atoms with Crippen LogP contribution in [0.15, 0.2) is 24.4 Å². The van der Waals surface area contributed by atoms with Crippen molar-refractivity contribution >= 4 is 5.82 Å². The van der Waals surface area contributed by atoms with E-state index in [0.29, 0.717) is 0 Å². The first-order chi connectivity index (χ1) is 10.2. The lowest BCUT2D eigenvalue weighted by Crippen LogP contribution is -2.65. The van der Waals surface area contributed by atoms with Crippen molar-refractivity contribution in [3.8, 4) is 0 Å². The third kappa shape index (κ3) is 3.05. The molecule has 5 nitrogen and oxygen atoms in total. The quantitative estimate of drug-likeness (QED) is 0.884. The highest BCUT2D eigenvalue weighted by atomic mass is 15.3. The van der Waals surface area contributed by atoms with E-state index in [1.807, 2.05) is 12.3 Å². The highest BCUT2D eigenvalue weighted by Crippen LogP contribution is 2.28. The van der Waals surface area contributed by atoms with Gasteiger partial charge in [-0.1, -0.05) is 6.07 Å². The third-order valence-electron chi connectivity index (χ3n) is 5.05. The summed E-state index contributed by atoms with van der Waals surface area (Å²) >= 11 is 0. The lowest BCUT2D eigenvalue weighted by Gasteiger charge is -2.51. The van der Waals surface area contributed by atoms with Crippen molar-refractivity contribution in [2.24, 2.45) is 5.73 Å². The second-order valence-corrected chi connectivity index (χ2v) is 6.43. The number of piperazine rings is 1. The molecule has 2 saturated heterocycles. The minimum atomic E-state index is 0.184. The molecule has 0 aromatic carbocycles. The SMILES string of the molecule is CN1CCCC(CN)(N2CCN(c3ccccn3)CC2)C1. The zero-order chi connectivity index (χ0) is 14.7. The summed E-state index contributed by atoms with van der Waals surface area (Å²) in [5, 5.41) is 0. The second-order valence-electron chi connectivity index (χ2n) is 6.43. The van der Waals surface area contributed by atoms with Crippen LogP contribution in [0.5, 0.6) is 0 Å². The average molecular weight is 289 g/mol. The van der Waals surface area contributed by atoms with Crippen molar-refractivity contribution in [1.82, 2.24) is 14.8 Å². The van der Waals surface area contributed by atoms with Crippen LogP contribution in [0.1, 0.15) is 12.8 Å². The minimum Gasteiger partial charge on any atom is -0.354 e. The van der Waals surface area contributed by atoms with E-state index in [1.54, 1.807) is 0 Å². The molecule has 2 aliphatic heterocycles. The van der Waals surface area contributed by atoms with Gasteiger partial charge in [0.05, 0.1) is 0 Å². The molecule has 1 aromatic rings. The van der Waals surface area contributed by atoms with Gasteiger partial charge in [-0.05, 0) is 38.6 Å². The molecule has 3 rings (SSSR count). The number of likely N-dealkylation sites (N-methyl/N-ethyl adjacent to an activating group) is 1. The predicted molar refractivity (Wildman–Crippen MR) is 86.5 cm³/mol. The van der Waals surface area contributed by atoms with E-state index >= 15 is 0 Å². The van der Waals surface area contributed by atoms with Gasteiger partial charge in [-0.3, -0.25) is 4.90 Å². The van der Waals surface area contributed by atoms with Gasteiger partial charge in [0, 0.05) is 51.0 Å². The molecule has 2 fully saturated rings. The largest absolute Gasteiger partial charge is 0.354 e. The molecular weight excluding hydrogens is 262 g/mol. The van der Waals surface area contributed by atoms with E-state index in [4.69, 9.17) is 5.73 Å². The molecule has 0 amide bonds. The fourth-order valence-electron chi connectivity index (χ4n) is 3.84. The standard InChI is InChI=1S/C16H27N5/c1-19-8-4-6-16(13-17,14-19)21-11-9-20(10-12-21)15-5-2-3-7-18-15/h2-3,5,7H,4,6,8-14,17H2,1H3. The molecule has 3 heterocycles. The summed E-state index contributed by atoms with van der Waals surface area (Å²) in [5.74, 6) is 1.10. The summed E-state index contributed by atoms with van der Waals surface area (Å²) in [4.78, 5) is 11.9. The third-order valence-corrected chi connectivity index (χ3v) is 5.05. The lowest BCUT2D eigenvalue weighted by atomic mass is 9.86. The zero-order valence-electron chi connectivity index (χ0n) is 13.0. The number of hydrogen-bond acceptors (Lipinski definition) is 5. The molecule has 1 unspecified atom stereocenters. The molecule has 0 spiro atoms. The summed E-state index contributed by atoms with van der Waals surface area (Å²) in [5.41, 5.74) is 6.37. The van der Waals surface area contributed by atoms with Crippen LogP contribution in [0.3, 0.4) is 0 Å². The molecule has 0 bridgehead atoms. The highest BCUT2D eigenvalue weighted by molar-refractivity contribution is 5.38. The van der Waals surface area contributed by atoms with Crippen LogP contribution >= 0.6 is 0 Å². The van der Waals surface area contributed by atoms with Crippen LogP contribution in [0.25, 0.3) is 0 Å². The number of piperidine rings is 1. The Balaban J connectivity index is 1.64. The molecule has 1 atom stereocenters. The Kier molecular flexibility index (Phi) is 4.42. The second kappa shape index (κ2) is 6.30. The van der Waals surface area contributed by atoms with E-state index in [0.717, 1.165) is 45.1 Å². The van der Waals surface area contributed by atoms with Gasteiger partial charge in [0.25, 0.3) is 0 Å². The molecule has 2 N–H and O–H groups in total. The molecule has 1 aromatic heterocycles. The number of likely N-dealkylation sites (tertiary alicyclic amines) is 1. The molecule has 116 valence electrons. The van der Waals surface area contributed by atoms with Crippen LogP contribution in [0, 0.1) is 0 Å². The smallest absolute Gasteiger partial charge is 0.128 e. The Morgan fingerprint density at radius 2 is 2.00 bits per heavy atom. The maximum atomic E-state index is 6.18.